The zero-order valence-corrected chi connectivity index (χ0v) is 10.9. The van der Waals surface area contributed by atoms with Gasteiger partial charge >= 0.3 is 0 Å². The van der Waals surface area contributed by atoms with Gasteiger partial charge in [-0.3, -0.25) is 5.73 Å². The second-order valence-corrected chi connectivity index (χ2v) is 4.77. The van der Waals surface area contributed by atoms with E-state index >= 15 is 0 Å². The van der Waals surface area contributed by atoms with Crippen molar-refractivity contribution >= 4 is 21.5 Å². The zero-order valence-electron chi connectivity index (χ0n) is 9.36. The number of alkyl halides is 2. The van der Waals surface area contributed by atoms with E-state index in [1.807, 2.05) is 30.3 Å². The van der Waals surface area contributed by atoms with Gasteiger partial charge in [-0.25, -0.2) is 4.39 Å². The molecule has 0 saturated carbocycles. The summed E-state index contributed by atoms with van der Waals surface area (Å²) >= 11 is 3.24. The molecule has 2 unspecified atom stereocenters. The van der Waals surface area contributed by atoms with E-state index in [0.717, 1.165) is 5.56 Å². The van der Waals surface area contributed by atoms with Gasteiger partial charge in [0.2, 0.25) is 5.79 Å². The molecular formula is C13H13BrFNO. The SMILES string of the molecule is COC1=CC=C(c2ccccc2)C(N)(F)C1Br. The van der Waals surface area contributed by atoms with Gasteiger partial charge in [0.1, 0.15) is 10.6 Å². The van der Waals surface area contributed by atoms with E-state index in [9.17, 15) is 4.39 Å². The molecule has 2 nitrogen and oxygen atoms in total. The van der Waals surface area contributed by atoms with Crippen LogP contribution in [0, 0.1) is 0 Å². The molecule has 0 aromatic heterocycles. The molecule has 0 spiro atoms. The number of ether oxygens (including phenoxy) is 1. The highest BCUT2D eigenvalue weighted by Crippen LogP contribution is 2.39. The lowest BCUT2D eigenvalue weighted by atomic mass is 9.90. The number of halogens is 2. The third-order valence-electron chi connectivity index (χ3n) is 2.77. The fraction of sp³-hybridized carbons (Fsp3) is 0.231. The van der Waals surface area contributed by atoms with Crippen LogP contribution in [0.4, 0.5) is 4.39 Å². The van der Waals surface area contributed by atoms with E-state index in [-0.39, 0.29) is 0 Å². The normalized spacial score (nSPS) is 28.4. The van der Waals surface area contributed by atoms with Crippen LogP contribution in [0.3, 0.4) is 0 Å². The summed E-state index contributed by atoms with van der Waals surface area (Å²) in [6.45, 7) is 0. The van der Waals surface area contributed by atoms with Crippen LogP contribution in [0.25, 0.3) is 5.57 Å². The Morgan fingerprint density at radius 1 is 1.29 bits per heavy atom. The van der Waals surface area contributed by atoms with Crippen molar-refractivity contribution in [2.24, 2.45) is 5.73 Å². The molecule has 17 heavy (non-hydrogen) atoms. The van der Waals surface area contributed by atoms with Crippen molar-refractivity contribution in [1.82, 2.24) is 0 Å². The van der Waals surface area contributed by atoms with Crippen molar-refractivity contribution in [3.63, 3.8) is 0 Å². The quantitative estimate of drug-likeness (QED) is 0.673. The molecule has 90 valence electrons. The summed E-state index contributed by atoms with van der Waals surface area (Å²) in [5.74, 6) is -1.50. The maximum atomic E-state index is 14.6. The summed E-state index contributed by atoms with van der Waals surface area (Å²) < 4.78 is 19.7. The molecular weight excluding hydrogens is 285 g/mol. The van der Waals surface area contributed by atoms with Gasteiger partial charge in [0, 0.05) is 5.57 Å². The van der Waals surface area contributed by atoms with Gasteiger partial charge in [0.15, 0.2) is 0 Å². The van der Waals surface area contributed by atoms with E-state index < -0.39 is 10.6 Å². The van der Waals surface area contributed by atoms with Gasteiger partial charge in [-0.15, -0.1) is 0 Å². The van der Waals surface area contributed by atoms with E-state index in [1.54, 1.807) is 12.2 Å². The van der Waals surface area contributed by atoms with Gasteiger partial charge < -0.3 is 4.74 Å². The van der Waals surface area contributed by atoms with Crippen molar-refractivity contribution in [3.8, 4) is 0 Å². The Morgan fingerprint density at radius 2 is 1.94 bits per heavy atom. The Kier molecular flexibility index (Phi) is 3.35. The molecule has 4 heteroatoms. The number of rotatable bonds is 2. The molecule has 1 aliphatic carbocycles. The molecule has 0 aliphatic heterocycles. The van der Waals surface area contributed by atoms with E-state index in [4.69, 9.17) is 10.5 Å². The van der Waals surface area contributed by atoms with Gasteiger partial charge in [0.25, 0.3) is 0 Å². The summed E-state index contributed by atoms with van der Waals surface area (Å²) in [4.78, 5) is -0.680. The number of benzene rings is 1. The lowest BCUT2D eigenvalue weighted by Gasteiger charge is -2.32. The smallest absolute Gasteiger partial charge is 0.205 e. The van der Waals surface area contributed by atoms with E-state index in [0.29, 0.717) is 11.3 Å². The number of allylic oxidation sites excluding steroid dienone is 2. The van der Waals surface area contributed by atoms with Crippen molar-refractivity contribution in [3.05, 3.63) is 53.8 Å². The molecule has 0 saturated heterocycles. The van der Waals surface area contributed by atoms with Crippen LogP contribution in [0.1, 0.15) is 5.56 Å². The first-order valence-corrected chi connectivity index (χ1v) is 6.12. The second-order valence-electron chi connectivity index (χ2n) is 3.85. The fourth-order valence-electron chi connectivity index (χ4n) is 1.83. The molecule has 2 rings (SSSR count). The third-order valence-corrected chi connectivity index (χ3v) is 3.88. The van der Waals surface area contributed by atoms with Crippen LogP contribution in [-0.4, -0.2) is 17.7 Å². The highest BCUT2D eigenvalue weighted by Gasteiger charge is 2.42. The fourth-order valence-corrected chi connectivity index (χ4v) is 2.41. The average Bonchev–Trinajstić information content (AvgIpc) is 2.33. The molecule has 0 fully saturated rings. The van der Waals surface area contributed by atoms with Gasteiger partial charge in [-0.1, -0.05) is 52.3 Å². The third kappa shape index (κ3) is 2.15. The van der Waals surface area contributed by atoms with Crippen LogP contribution in [-0.2, 0) is 4.74 Å². The first-order valence-electron chi connectivity index (χ1n) is 5.21. The molecule has 2 atom stereocenters. The molecule has 1 aliphatic rings. The van der Waals surface area contributed by atoms with Crippen LogP contribution in [0.15, 0.2) is 48.2 Å². The van der Waals surface area contributed by atoms with Gasteiger partial charge in [0.05, 0.1) is 7.11 Å². The predicted octanol–water partition coefficient (Wildman–Crippen LogP) is 3.00. The number of hydrogen-bond donors (Lipinski definition) is 1. The molecule has 1 aromatic carbocycles. The number of methoxy groups -OCH3 is 1. The topological polar surface area (TPSA) is 35.2 Å². The van der Waals surface area contributed by atoms with Gasteiger partial charge in [-0.05, 0) is 11.6 Å². The summed E-state index contributed by atoms with van der Waals surface area (Å²) in [5, 5.41) is 0. The number of hydrogen-bond acceptors (Lipinski definition) is 2. The van der Waals surface area contributed by atoms with Crippen molar-refractivity contribution in [2.75, 3.05) is 7.11 Å². The average molecular weight is 298 g/mol. The van der Waals surface area contributed by atoms with E-state index in [1.165, 1.54) is 7.11 Å². The van der Waals surface area contributed by atoms with Gasteiger partial charge in [-0.2, -0.15) is 0 Å². The van der Waals surface area contributed by atoms with Crippen LogP contribution < -0.4 is 5.73 Å². The largest absolute Gasteiger partial charge is 0.500 e. The highest BCUT2D eigenvalue weighted by atomic mass is 79.9. The summed E-state index contributed by atoms with van der Waals surface area (Å²) in [6, 6.07) is 9.25. The highest BCUT2D eigenvalue weighted by molar-refractivity contribution is 9.09. The minimum atomic E-state index is -1.98. The Morgan fingerprint density at radius 3 is 2.53 bits per heavy atom. The summed E-state index contributed by atoms with van der Waals surface area (Å²) in [7, 11) is 1.50. The Bertz CT molecular complexity index is 468. The Balaban J connectivity index is 2.47. The van der Waals surface area contributed by atoms with E-state index in [2.05, 4.69) is 15.9 Å². The maximum absolute atomic E-state index is 14.6. The Labute approximate surface area is 108 Å². The predicted molar refractivity (Wildman–Crippen MR) is 70.3 cm³/mol. The molecule has 2 N–H and O–H groups in total. The monoisotopic (exact) mass is 297 g/mol. The van der Waals surface area contributed by atoms with Crippen molar-refractivity contribution in [2.45, 2.75) is 10.6 Å². The lowest BCUT2D eigenvalue weighted by Crippen LogP contribution is -2.47. The molecule has 0 radical (unpaired) electrons. The van der Waals surface area contributed by atoms with Crippen LogP contribution in [0.2, 0.25) is 0 Å². The number of nitrogens with two attached hydrogens (primary N) is 1. The van der Waals surface area contributed by atoms with Crippen molar-refractivity contribution in [1.29, 1.82) is 0 Å². The minimum Gasteiger partial charge on any atom is -0.500 e. The lowest BCUT2D eigenvalue weighted by molar-refractivity contribution is 0.200. The van der Waals surface area contributed by atoms with Crippen LogP contribution >= 0.6 is 15.9 Å². The molecule has 1 aromatic rings. The second kappa shape index (κ2) is 4.63. The maximum Gasteiger partial charge on any atom is 0.205 e. The summed E-state index contributed by atoms with van der Waals surface area (Å²) in [5.41, 5.74) is 6.98. The first-order chi connectivity index (χ1) is 8.07. The first kappa shape index (κ1) is 12.3. The summed E-state index contributed by atoms with van der Waals surface area (Å²) in [6.07, 6.45) is 3.39. The molecule has 0 bridgehead atoms. The molecule has 0 amide bonds. The van der Waals surface area contributed by atoms with Crippen molar-refractivity contribution < 1.29 is 9.13 Å². The van der Waals surface area contributed by atoms with Crippen LogP contribution in [0.5, 0.6) is 0 Å². The molecule has 0 heterocycles. The Hall–Kier alpha value is -1.13. The zero-order chi connectivity index (χ0) is 12.5. The standard InChI is InChI=1S/C13H13BrFNO/c1-17-11-8-7-10(13(15,16)12(11)14)9-5-3-2-4-6-9/h2-8,12H,16H2,1H3. The minimum absolute atomic E-state index is 0.445.